The summed E-state index contributed by atoms with van der Waals surface area (Å²) in [5.41, 5.74) is 7.17. The van der Waals surface area contributed by atoms with Crippen molar-refractivity contribution in [1.82, 2.24) is 0 Å². The van der Waals surface area contributed by atoms with Gasteiger partial charge in [-0.25, -0.2) is 0 Å². The van der Waals surface area contributed by atoms with Crippen molar-refractivity contribution >= 4 is 0 Å². The van der Waals surface area contributed by atoms with Crippen molar-refractivity contribution in [3.63, 3.8) is 0 Å². The normalized spacial score (nSPS) is 12.6. The van der Waals surface area contributed by atoms with Crippen molar-refractivity contribution in [2.75, 3.05) is 14.2 Å². The van der Waals surface area contributed by atoms with Crippen LogP contribution in [-0.4, -0.2) is 14.2 Å². The lowest BCUT2D eigenvalue weighted by atomic mass is 9.97. The van der Waals surface area contributed by atoms with Gasteiger partial charge in [0.05, 0.1) is 14.2 Å². The van der Waals surface area contributed by atoms with Gasteiger partial charge >= 0.3 is 0 Å². The number of para-hydroxylation sites is 1. The molecule has 0 aromatic heterocycles. The van der Waals surface area contributed by atoms with E-state index in [-0.39, 0.29) is 6.04 Å². The Morgan fingerprint density at radius 3 is 2.38 bits per heavy atom. The van der Waals surface area contributed by atoms with E-state index in [4.69, 9.17) is 15.2 Å². The zero-order valence-electron chi connectivity index (χ0n) is 10.5. The van der Waals surface area contributed by atoms with Gasteiger partial charge in [-0.1, -0.05) is 26.0 Å². The highest BCUT2D eigenvalue weighted by molar-refractivity contribution is 5.47. The maximum absolute atomic E-state index is 6.16. The van der Waals surface area contributed by atoms with Crippen molar-refractivity contribution in [3.05, 3.63) is 23.8 Å². The van der Waals surface area contributed by atoms with E-state index < -0.39 is 0 Å². The van der Waals surface area contributed by atoms with Crippen molar-refractivity contribution in [2.45, 2.75) is 26.3 Å². The average molecular weight is 223 g/mol. The first kappa shape index (κ1) is 12.8. The van der Waals surface area contributed by atoms with E-state index >= 15 is 0 Å². The van der Waals surface area contributed by atoms with Gasteiger partial charge in [-0.2, -0.15) is 0 Å². The third-order valence-corrected chi connectivity index (χ3v) is 2.56. The van der Waals surface area contributed by atoms with Gasteiger partial charge in [0.15, 0.2) is 11.5 Å². The minimum atomic E-state index is -0.00921. The Bertz CT molecular complexity index is 337. The van der Waals surface area contributed by atoms with Crippen LogP contribution in [0, 0.1) is 5.92 Å². The van der Waals surface area contributed by atoms with E-state index in [0.717, 1.165) is 23.5 Å². The summed E-state index contributed by atoms with van der Waals surface area (Å²) < 4.78 is 10.6. The SMILES string of the molecule is COc1cccc([C@H](N)CC(C)C)c1OC. The summed E-state index contributed by atoms with van der Waals surface area (Å²) in [6, 6.07) is 5.81. The van der Waals surface area contributed by atoms with E-state index in [1.807, 2.05) is 18.2 Å². The Morgan fingerprint density at radius 1 is 1.19 bits per heavy atom. The molecule has 0 radical (unpaired) electrons. The Balaban J connectivity index is 3.02. The second kappa shape index (κ2) is 5.75. The van der Waals surface area contributed by atoms with Gasteiger partial charge in [0.2, 0.25) is 0 Å². The molecule has 0 heterocycles. The highest BCUT2D eigenvalue weighted by atomic mass is 16.5. The molecule has 2 N–H and O–H groups in total. The lowest BCUT2D eigenvalue weighted by molar-refractivity contribution is 0.347. The monoisotopic (exact) mass is 223 g/mol. The third kappa shape index (κ3) is 2.89. The van der Waals surface area contributed by atoms with Crippen LogP contribution in [0.15, 0.2) is 18.2 Å². The molecule has 1 atom stereocenters. The summed E-state index contributed by atoms with van der Waals surface area (Å²) in [5, 5.41) is 0. The molecule has 0 aliphatic rings. The van der Waals surface area contributed by atoms with Crippen molar-refractivity contribution in [2.24, 2.45) is 11.7 Å². The number of rotatable bonds is 5. The first-order chi connectivity index (χ1) is 7.60. The van der Waals surface area contributed by atoms with Crippen LogP contribution >= 0.6 is 0 Å². The topological polar surface area (TPSA) is 44.5 Å². The molecule has 0 bridgehead atoms. The minimum Gasteiger partial charge on any atom is -0.493 e. The van der Waals surface area contributed by atoms with Gasteiger partial charge < -0.3 is 15.2 Å². The highest BCUT2D eigenvalue weighted by Gasteiger charge is 2.16. The fourth-order valence-corrected chi connectivity index (χ4v) is 1.84. The van der Waals surface area contributed by atoms with E-state index in [0.29, 0.717) is 5.92 Å². The Morgan fingerprint density at radius 2 is 1.88 bits per heavy atom. The smallest absolute Gasteiger partial charge is 0.165 e. The highest BCUT2D eigenvalue weighted by Crippen LogP contribution is 2.35. The second-order valence-electron chi connectivity index (χ2n) is 4.32. The fourth-order valence-electron chi connectivity index (χ4n) is 1.84. The molecule has 0 saturated carbocycles. The number of hydrogen-bond acceptors (Lipinski definition) is 3. The number of methoxy groups -OCH3 is 2. The second-order valence-corrected chi connectivity index (χ2v) is 4.32. The zero-order chi connectivity index (χ0) is 12.1. The van der Waals surface area contributed by atoms with E-state index in [9.17, 15) is 0 Å². The fraction of sp³-hybridized carbons (Fsp3) is 0.538. The predicted molar refractivity (Wildman–Crippen MR) is 65.9 cm³/mol. The summed E-state index contributed by atoms with van der Waals surface area (Å²) in [7, 11) is 3.28. The lowest BCUT2D eigenvalue weighted by Gasteiger charge is -2.19. The first-order valence-electron chi connectivity index (χ1n) is 5.56. The van der Waals surface area contributed by atoms with Gasteiger partial charge in [0.1, 0.15) is 0 Å². The molecular weight excluding hydrogens is 202 g/mol. The summed E-state index contributed by atoms with van der Waals surface area (Å²) in [6.07, 6.45) is 0.934. The van der Waals surface area contributed by atoms with E-state index in [1.54, 1.807) is 14.2 Å². The zero-order valence-corrected chi connectivity index (χ0v) is 10.5. The van der Waals surface area contributed by atoms with Crippen LogP contribution in [0.25, 0.3) is 0 Å². The van der Waals surface area contributed by atoms with Crippen LogP contribution in [0.2, 0.25) is 0 Å². The number of hydrogen-bond donors (Lipinski definition) is 1. The molecule has 0 fully saturated rings. The van der Waals surface area contributed by atoms with Gasteiger partial charge in [0, 0.05) is 11.6 Å². The van der Waals surface area contributed by atoms with Crippen molar-refractivity contribution in [1.29, 1.82) is 0 Å². The van der Waals surface area contributed by atoms with Crippen LogP contribution in [-0.2, 0) is 0 Å². The van der Waals surface area contributed by atoms with Gasteiger partial charge in [0.25, 0.3) is 0 Å². The molecule has 1 aromatic carbocycles. The van der Waals surface area contributed by atoms with Crippen molar-refractivity contribution in [3.8, 4) is 11.5 Å². The van der Waals surface area contributed by atoms with Gasteiger partial charge in [-0.15, -0.1) is 0 Å². The first-order valence-corrected chi connectivity index (χ1v) is 5.56. The van der Waals surface area contributed by atoms with Crippen LogP contribution in [0.1, 0.15) is 31.9 Å². The number of ether oxygens (including phenoxy) is 2. The van der Waals surface area contributed by atoms with Crippen LogP contribution in [0.3, 0.4) is 0 Å². The Kier molecular flexibility index (Phi) is 4.62. The largest absolute Gasteiger partial charge is 0.493 e. The Labute approximate surface area is 97.6 Å². The van der Waals surface area contributed by atoms with E-state index in [1.165, 1.54) is 0 Å². The molecule has 90 valence electrons. The molecule has 0 amide bonds. The van der Waals surface area contributed by atoms with E-state index in [2.05, 4.69) is 13.8 Å². The summed E-state index contributed by atoms with van der Waals surface area (Å²) in [6.45, 7) is 4.32. The molecular formula is C13H21NO2. The molecule has 3 heteroatoms. The lowest BCUT2D eigenvalue weighted by Crippen LogP contribution is -2.14. The molecule has 16 heavy (non-hydrogen) atoms. The third-order valence-electron chi connectivity index (χ3n) is 2.56. The predicted octanol–water partition coefficient (Wildman–Crippen LogP) is 2.75. The van der Waals surface area contributed by atoms with Crippen LogP contribution in [0.5, 0.6) is 11.5 Å². The molecule has 3 nitrogen and oxygen atoms in total. The molecule has 0 aliphatic carbocycles. The standard InChI is InChI=1S/C13H21NO2/c1-9(2)8-11(14)10-6-5-7-12(15-3)13(10)16-4/h5-7,9,11H,8,14H2,1-4H3/t11-/m1/s1. The number of benzene rings is 1. The Hall–Kier alpha value is -1.22. The maximum Gasteiger partial charge on any atom is 0.165 e. The summed E-state index contributed by atoms with van der Waals surface area (Å²) in [4.78, 5) is 0. The molecule has 0 spiro atoms. The minimum absolute atomic E-state index is 0.00921. The summed E-state index contributed by atoms with van der Waals surface area (Å²) in [5.74, 6) is 2.04. The molecule has 1 rings (SSSR count). The van der Waals surface area contributed by atoms with Crippen molar-refractivity contribution < 1.29 is 9.47 Å². The molecule has 0 aliphatic heterocycles. The maximum atomic E-state index is 6.16. The molecule has 1 aromatic rings. The van der Waals surface area contributed by atoms with Crippen LogP contribution in [0.4, 0.5) is 0 Å². The molecule has 0 saturated heterocycles. The quantitative estimate of drug-likeness (QED) is 0.834. The number of nitrogens with two attached hydrogens (primary N) is 1. The average Bonchev–Trinajstić information content (AvgIpc) is 2.26. The van der Waals surface area contributed by atoms with Gasteiger partial charge in [-0.3, -0.25) is 0 Å². The summed E-state index contributed by atoms with van der Waals surface area (Å²) >= 11 is 0. The van der Waals surface area contributed by atoms with Crippen LogP contribution < -0.4 is 15.2 Å². The molecule has 0 unspecified atom stereocenters. The van der Waals surface area contributed by atoms with Gasteiger partial charge in [-0.05, 0) is 18.4 Å².